The van der Waals surface area contributed by atoms with Crippen molar-refractivity contribution in [3.8, 4) is 34.5 Å². The zero-order valence-corrected chi connectivity index (χ0v) is 19.6. The molecule has 0 bridgehead atoms. The number of ether oxygens (including phenoxy) is 5. The predicted molar refractivity (Wildman–Crippen MR) is 125 cm³/mol. The number of fused-ring (bicyclic) bond motifs is 4. The second kappa shape index (κ2) is 8.54. The maximum Gasteiger partial charge on any atom is 0.211 e. The van der Waals surface area contributed by atoms with Crippen molar-refractivity contribution in [2.24, 2.45) is 0 Å². The number of benzene rings is 3. The summed E-state index contributed by atoms with van der Waals surface area (Å²) in [7, 11) is 7.62. The van der Waals surface area contributed by atoms with Gasteiger partial charge in [0.05, 0.1) is 40.9 Å². The van der Waals surface area contributed by atoms with Gasteiger partial charge in [0, 0.05) is 11.5 Å². The molecule has 0 aliphatic rings. The lowest BCUT2D eigenvalue weighted by atomic mass is 10.0. The van der Waals surface area contributed by atoms with Crippen molar-refractivity contribution in [3.63, 3.8) is 0 Å². The normalized spacial score (nSPS) is 11.0. The molecule has 0 radical (unpaired) electrons. The van der Waals surface area contributed by atoms with Crippen LogP contribution in [0.4, 0.5) is 0 Å². The Hall–Kier alpha value is -3.94. The standard InChI is InChI=1S/C25H26O8/c1-12-8-15(27-3)21-18(9-12)32-25-20(14(26)11-17(29-5)23(25)31-7)19-13(2)10-16(28-4)22(30-6)24(19)33-21/h8-11,26H,1-7H3. The lowest BCUT2D eigenvalue weighted by Crippen LogP contribution is -1.96. The van der Waals surface area contributed by atoms with Gasteiger partial charge >= 0.3 is 0 Å². The van der Waals surface area contributed by atoms with E-state index in [-0.39, 0.29) is 11.3 Å². The highest BCUT2D eigenvalue weighted by atomic mass is 16.5. The molecular weight excluding hydrogens is 428 g/mol. The zero-order chi connectivity index (χ0) is 23.9. The van der Waals surface area contributed by atoms with Crippen LogP contribution in [0.25, 0.3) is 33.1 Å². The van der Waals surface area contributed by atoms with Gasteiger partial charge in [0.25, 0.3) is 0 Å². The summed E-state index contributed by atoms with van der Waals surface area (Å²) >= 11 is 0. The minimum atomic E-state index is -0.0779. The van der Waals surface area contributed by atoms with E-state index in [1.54, 1.807) is 20.3 Å². The van der Waals surface area contributed by atoms with Crippen molar-refractivity contribution in [1.82, 2.24) is 0 Å². The van der Waals surface area contributed by atoms with Crippen LogP contribution in [0.5, 0.6) is 34.5 Å². The molecule has 3 aromatic carbocycles. The number of hydrogen-bond donors (Lipinski definition) is 1. The molecule has 8 nitrogen and oxygen atoms in total. The number of aromatic hydroxyl groups is 1. The average Bonchev–Trinajstić information content (AvgIpc) is 2.79. The van der Waals surface area contributed by atoms with Crippen LogP contribution in [-0.4, -0.2) is 40.7 Å². The third-order valence-corrected chi connectivity index (χ3v) is 5.48. The topological polar surface area (TPSA) is 92.7 Å². The lowest BCUT2D eigenvalue weighted by molar-refractivity contribution is 0.350. The number of methoxy groups -OCH3 is 5. The second-order valence-electron chi connectivity index (χ2n) is 7.47. The Morgan fingerprint density at radius 3 is 1.76 bits per heavy atom. The predicted octanol–water partition coefficient (Wildman–Crippen LogP) is 5.82. The monoisotopic (exact) mass is 454 g/mol. The zero-order valence-electron chi connectivity index (χ0n) is 19.6. The minimum Gasteiger partial charge on any atom is -0.507 e. The van der Waals surface area contributed by atoms with E-state index in [4.69, 9.17) is 32.5 Å². The molecule has 0 aliphatic heterocycles. The van der Waals surface area contributed by atoms with Gasteiger partial charge in [0.2, 0.25) is 17.1 Å². The van der Waals surface area contributed by atoms with Gasteiger partial charge in [-0.15, -0.1) is 0 Å². The number of rotatable bonds is 5. The first-order valence-electron chi connectivity index (χ1n) is 10.2. The van der Waals surface area contributed by atoms with Gasteiger partial charge in [-0.2, -0.15) is 0 Å². The summed E-state index contributed by atoms with van der Waals surface area (Å²) in [4.78, 5) is 0. The molecule has 33 heavy (non-hydrogen) atoms. The van der Waals surface area contributed by atoms with E-state index in [1.807, 2.05) is 26.0 Å². The molecule has 0 fully saturated rings. The Morgan fingerprint density at radius 2 is 1.18 bits per heavy atom. The van der Waals surface area contributed by atoms with E-state index < -0.39 is 0 Å². The van der Waals surface area contributed by atoms with E-state index >= 15 is 0 Å². The molecule has 1 N–H and O–H groups in total. The highest BCUT2D eigenvalue weighted by molar-refractivity contribution is 6.12. The summed E-state index contributed by atoms with van der Waals surface area (Å²) in [6, 6.07) is 6.92. The average molecular weight is 454 g/mol. The molecule has 0 spiro atoms. The van der Waals surface area contributed by atoms with E-state index in [2.05, 4.69) is 0 Å². The first-order valence-corrected chi connectivity index (χ1v) is 10.2. The van der Waals surface area contributed by atoms with E-state index in [0.717, 1.165) is 11.1 Å². The molecule has 174 valence electrons. The van der Waals surface area contributed by atoms with Gasteiger partial charge in [0.15, 0.2) is 34.0 Å². The molecule has 0 atom stereocenters. The van der Waals surface area contributed by atoms with Crippen LogP contribution < -0.4 is 23.7 Å². The van der Waals surface area contributed by atoms with Gasteiger partial charge in [-0.1, -0.05) is 0 Å². The first-order chi connectivity index (χ1) is 15.9. The molecule has 0 saturated carbocycles. The summed E-state index contributed by atoms with van der Waals surface area (Å²) in [6.45, 7) is 3.78. The molecule has 4 aromatic rings. The summed E-state index contributed by atoms with van der Waals surface area (Å²) in [5, 5.41) is 12.0. The fraction of sp³-hybridized carbons (Fsp3) is 0.280. The molecule has 0 saturated heterocycles. The summed E-state index contributed by atoms with van der Waals surface area (Å²) in [5.41, 5.74) is 2.95. The van der Waals surface area contributed by atoms with Gasteiger partial charge in [0.1, 0.15) is 5.75 Å². The lowest BCUT2D eigenvalue weighted by Gasteiger charge is -2.16. The largest absolute Gasteiger partial charge is 0.507 e. The Balaban J connectivity index is 2.49. The van der Waals surface area contributed by atoms with Crippen molar-refractivity contribution in [2.75, 3.05) is 35.5 Å². The van der Waals surface area contributed by atoms with Gasteiger partial charge in [-0.3, -0.25) is 0 Å². The van der Waals surface area contributed by atoms with Crippen LogP contribution >= 0.6 is 0 Å². The van der Waals surface area contributed by atoms with Crippen LogP contribution in [0, 0.1) is 13.8 Å². The molecule has 8 heteroatoms. The van der Waals surface area contributed by atoms with Crippen LogP contribution in [0.15, 0.2) is 33.1 Å². The Bertz CT molecular complexity index is 1430. The third kappa shape index (κ3) is 3.47. The van der Waals surface area contributed by atoms with Crippen LogP contribution in [0.1, 0.15) is 11.1 Å². The van der Waals surface area contributed by atoms with E-state index in [9.17, 15) is 5.11 Å². The Morgan fingerprint density at radius 1 is 0.606 bits per heavy atom. The third-order valence-electron chi connectivity index (χ3n) is 5.48. The molecular formula is C25H26O8. The molecule has 1 aromatic heterocycles. The SMILES string of the molecule is COc1cc(C)c2c(oc3c(OC)cc(C)cc3oc3c(OC)c(OC)cc(O)c32)c1OC. The van der Waals surface area contributed by atoms with Crippen LogP contribution in [0.3, 0.4) is 0 Å². The maximum atomic E-state index is 11.1. The Kier molecular flexibility index (Phi) is 5.76. The molecule has 0 aliphatic carbocycles. The number of phenolic OH excluding ortho intramolecular Hbond substituents is 1. The van der Waals surface area contributed by atoms with Crippen molar-refractivity contribution in [3.05, 3.63) is 35.4 Å². The van der Waals surface area contributed by atoms with Crippen LogP contribution in [0.2, 0.25) is 0 Å². The first kappa shape index (κ1) is 22.3. The quantitative estimate of drug-likeness (QED) is 0.403. The number of hydrogen-bond acceptors (Lipinski definition) is 8. The summed E-state index contributed by atoms with van der Waals surface area (Å²) < 4.78 is 40.7. The van der Waals surface area contributed by atoms with Gasteiger partial charge in [-0.25, -0.2) is 0 Å². The number of phenols is 1. The van der Waals surface area contributed by atoms with E-state index in [0.29, 0.717) is 56.3 Å². The summed E-state index contributed by atoms with van der Waals surface area (Å²) in [6.07, 6.45) is 0. The Labute approximate surface area is 190 Å². The summed E-state index contributed by atoms with van der Waals surface area (Å²) in [5.74, 6) is 1.85. The maximum absolute atomic E-state index is 11.1. The van der Waals surface area contributed by atoms with E-state index in [1.165, 1.54) is 27.4 Å². The fourth-order valence-electron chi connectivity index (χ4n) is 4.03. The van der Waals surface area contributed by atoms with Crippen molar-refractivity contribution in [2.45, 2.75) is 13.8 Å². The fourth-order valence-corrected chi connectivity index (χ4v) is 4.03. The van der Waals surface area contributed by atoms with Gasteiger partial charge < -0.3 is 37.6 Å². The van der Waals surface area contributed by atoms with Crippen LogP contribution in [-0.2, 0) is 0 Å². The highest BCUT2D eigenvalue weighted by Gasteiger charge is 2.23. The van der Waals surface area contributed by atoms with Gasteiger partial charge in [-0.05, 0) is 43.2 Å². The van der Waals surface area contributed by atoms with Crippen molar-refractivity contribution in [1.29, 1.82) is 0 Å². The van der Waals surface area contributed by atoms with Crippen molar-refractivity contribution >= 4 is 33.1 Å². The number of aryl methyl sites for hydroxylation is 2. The highest BCUT2D eigenvalue weighted by Crippen LogP contribution is 2.48. The smallest absolute Gasteiger partial charge is 0.211 e. The molecule has 1 heterocycles. The minimum absolute atomic E-state index is 0.0779. The molecule has 4 rings (SSSR count). The molecule has 0 amide bonds. The second-order valence-corrected chi connectivity index (χ2v) is 7.47. The molecule has 0 unspecified atom stereocenters. The van der Waals surface area contributed by atoms with Crippen molar-refractivity contribution < 1.29 is 37.6 Å².